The van der Waals surface area contributed by atoms with Crippen LogP contribution in [0.15, 0.2) is 18.2 Å². The van der Waals surface area contributed by atoms with Gasteiger partial charge in [0.25, 0.3) is 0 Å². The number of para-hydroxylation sites is 1. The van der Waals surface area contributed by atoms with Crippen molar-refractivity contribution < 1.29 is 9.90 Å². The van der Waals surface area contributed by atoms with E-state index < -0.39 is 5.97 Å². The lowest BCUT2D eigenvalue weighted by Crippen LogP contribution is -2.20. The monoisotopic (exact) mass is 219 g/mol. The Morgan fingerprint density at radius 2 is 2.38 bits per heavy atom. The molecular formula is C13H17NO2. The summed E-state index contributed by atoms with van der Waals surface area (Å²) in [6.45, 7) is 4.63. The normalized spacial score (nSPS) is 20.0. The van der Waals surface area contributed by atoms with Crippen LogP contribution < -0.4 is 5.32 Å². The minimum absolute atomic E-state index is 0.0963. The number of fused-ring (bicyclic) bond motifs is 1. The number of carbonyl (C=O) groups is 1. The van der Waals surface area contributed by atoms with Crippen LogP contribution in [0.3, 0.4) is 0 Å². The Balaban J connectivity index is 2.37. The fraction of sp³-hybridized carbons (Fsp3) is 0.462. The lowest BCUT2D eigenvalue weighted by Gasteiger charge is -2.15. The molecule has 0 amide bonds. The molecule has 3 heteroatoms. The van der Waals surface area contributed by atoms with Gasteiger partial charge < -0.3 is 10.4 Å². The second-order valence-electron chi connectivity index (χ2n) is 4.35. The Morgan fingerprint density at radius 1 is 1.62 bits per heavy atom. The average molecular weight is 219 g/mol. The third-order valence-corrected chi connectivity index (χ3v) is 3.46. The summed E-state index contributed by atoms with van der Waals surface area (Å²) in [6, 6.07) is 6.16. The number of aryl methyl sites for hydroxylation is 1. The summed E-state index contributed by atoms with van der Waals surface area (Å²) in [7, 11) is 0. The first-order valence-electron chi connectivity index (χ1n) is 5.73. The predicted octanol–water partition coefficient (Wildman–Crippen LogP) is 2.48. The Morgan fingerprint density at radius 3 is 3.00 bits per heavy atom. The average Bonchev–Trinajstić information content (AvgIpc) is 2.71. The maximum absolute atomic E-state index is 11.0. The van der Waals surface area contributed by atoms with Crippen molar-refractivity contribution in [3.05, 3.63) is 29.3 Å². The highest BCUT2D eigenvalue weighted by atomic mass is 16.4. The molecule has 0 fully saturated rings. The van der Waals surface area contributed by atoms with Crippen LogP contribution in [0.25, 0.3) is 0 Å². The number of hydrogen-bond donors (Lipinski definition) is 2. The van der Waals surface area contributed by atoms with Gasteiger partial charge in [-0.3, -0.25) is 4.79 Å². The van der Waals surface area contributed by atoms with E-state index in [1.54, 1.807) is 6.92 Å². The van der Waals surface area contributed by atoms with Gasteiger partial charge in [-0.15, -0.1) is 0 Å². The molecular weight excluding hydrogens is 202 g/mol. The van der Waals surface area contributed by atoms with Gasteiger partial charge in [0.05, 0.1) is 5.92 Å². The quantitative estimate of drug-likeness (QED) is 0.821. The molecule has 16 heavy (non-hydrogen) atoms. The van der Waals surface area contributed by atoms with E-state index in [4.69, 9.17) is 5.11 Å². The summed E-state index contributed by atoms with van der Waals surface area (Å²) in [5.41, 5.74) is 3.59. The lowest BCUT2D eigenvalue weighted by atomic mass is 9.88. The van der Waals surface area contributed by atoms with E-state index in [1.807, 2.05) is 12.1 Å². The van der Waals surface area contributed by atoms with Gasteiger partial charge in [-0.1, -0.05) is 32.0 Å². The van der Waals surface area contributed by atoms with Gasteiger partial charge in [0.2, 0.25) is 0 Å². The maximum atomic E-state index is 11.0. The van der Waals surface area contributed by atoms with Crippen LogP contribution in [0, 0.1) is 5.92 Å². The van der Waals surface area contributed by atoms with Gasteiger partial charge in [-0.2, -0.15) is 0 Å². The molecule has 0 radical (unpaired) electrons. The third-order valence-electron chi connectivity index (χ3n) is 3.46. The first-order chi connectivity index (χ1) is 7.65. The molecule has 2 rings (SSSR count). The van der Waals surface area contributed by atoms with Crippen LogP contribution in [0.2, 0.25) is 0 Å². The largest absolute Gasteiger partial charge is 0.481 e. The number of anilines is 1. The lowest BCUT2D eigenvalue weighted by molar-refractivity contribution is -0.141. The minimum Gasteiger partial charge on any atom is -0.481 e. The summed E-state index contributed by atoms with van der Waals surface area (Å²) < 4.78 is 0. The van der Waals surface area contributed by atoms with Crippen LogP contribution in [0.5, 0.6) is 0 Å². The molecule has 1 aromatic rings. The van der Waals surface area contributed by atoms with Gasteiger partial charge in [0.1, 0.15) is 0 Å². The Kier molecular flexibility index (Phi) is 2.86. The third kappa shape index (κ3) is 1.66. The molecule has 0 saturated carbocycles. The van der Waals surface area contributed by atoms with Gasteiger partial charge in [-0.05, 0) is 17.5 Å². The van der Waals surface area contributed by atoms with Crippen molar-refractivity contribution in [2.45, 2.75) is 26.2 Å². The smallest absolute Gasteiger partial charge is 0.306 e. The molecule has 0 aromatic heterocycles. The highest BCUT2D eigenvalue weighted by Gasteiger charge is 2.31. The van der Waals surface area contributed by atoms with Gasteiger partial charge in [-0.25, -0.2) is 0 Å². The SMILES string of the molecule is CCc1cccc2c1NCC2C(C)C(=O)O. The van der Waals surface area contributed by atoms with E-state index in [0.717, 1.165) is 24.2 Å². The minimum atomic E-state index is -0.721. The zero-order chi connectivity index (χ0) is 11.7. The standard InChI is InChI=1S/C13H17NO2/c1-3-9-5-4-6-10-11(7-14-12(9)10)8(2)13(15)16/h4-6,8,11,14H,3,7H2,1-2H3,(H,15,16). The summed E-state index contributed by atoms with van der Waals surface area (Å²) in [4.78, 5) is 11.0. The van der Waals surface area contributed by atoms with Crippen molar-refractivity contribution >= 4 is 11.7 Å². The first kappa shape index (κ1) is 11.0. The molecule has 0 saturated heterocycles. The zero-order valence-corrected chi connectivity index (χ0v) is 9.66. The molecule has 3 nitrogen and oxygen atoms in total. The topological polar surface area (TPSA) is 49.3 Å². The number of aliphatic carboxylic acids is 1. The van der Waals surface area contributed by atoms with Crippen LogP contribution in [-0.4, -0.2) is 17.6 Å². The molecule has 2 N–H and O–H groups in total. The fourth-order valence-corrected chi connectivity index (χ4v) is 2.38. The molecule has 0 spiro atoms. The highest BCUT2D eigenvalue weighted by molar-refractivity contribution is 5.74. The van der Waals surface area contributed by atoms with Crippen molar-refractivity contribution in [3.63, 3.8) is 0 Å². The highest BCUT2D eigenvalue weighted by Crippen LogP contribution is 2.38. The van der Waals surface area contributed by atoms with E-state index in [9.17, 15) is 4.79 Å². The number of carboxylic acid groups (broad SMARTS) is 1. The molecule has 0 bridgehead atoms. The van der Waals surface area contributed by atoms with Crippen LogP contribution in [0.1, 0.15) is 30.9 Å². The fourth-order valence-electron chi connectivity index (χ4n) is 2.38. The van der Waals surface area contributed by atoms with E-state index in [-0.39, 0.29) is 11.8 Å². The van der Waals surface area contributed by atoms with Crippen molar-refractivity contribution in [1.29, 1.82) is 0 Å². The number of rotatable bonds is 3. The molecule has 2 atom stereocenters. The summed E-state index contributed by atoms with van der Waals surface area (Å²) >= 11 is 0. The van der Waals surface area contributed by atoms with E-state index in [0.29, 0.717) is 0 Å². The summed E-state index contributed by atoms with van der Waals surface area (Å²) in [5.74, 6) is -0.957. The van der Waals surface area contributed by atoms with E-state index in [2.05, 4.69) is 18.3 Å². The molecule has 1 aromatic carbocycles. The number of benzene rings is 1. The van der Waals surface area contributed by atoms with Crippen molar-refractivity contribution in [2.75, 3.05) is 11.9 Å². The molecule has 0 aliphatic carbocycles. The van der Waals surface area contributed by atoms with Gasteiger partial charge >= 0.3 is 5.97 Å². The Hall–Kier alpha value is -1.51. The number of carboxylic acids is 1. The second-order valence-corrected chi connectivity index (χ2v) is 4.35. The Bertz CT molecular complexity index is 414. The van der Waals surface area contributed by atoms with Crippen molar-refractivity contribution in [1.82, 2.24) is 0 Å². The summed E-state index contributed by atoms with van der Waals surface area (Å²) in [5, 5.41) is 12.4. The van der Waals surface area contributed by atoms with Crippen molar-refractivity contribution in [2.24, 2.45) is 5.92 Å². The molecule has 1 aliphatic heterocycles. The zero-order valence-electron chi connectivity index (χ0n) is 9.66. The predicted molar refractivity (Wildman–Crippen MR) is 63.9 cm³/mol. The second kappa shape index (κ2) is 4.16. The van der Waals surface area contributed by atoms with Crippen LogP contribution >= 0.6 is 0 Å². The molecule has 86 valence electrons. The molecule has 1 aliphatic rings. The van der Waals surface area contributed by atoms with E-state index >= 15 is 0 Å². The number of hydrogen-bond acceptors (Lipinski definition) is 2. The first-order valence-corrected chi connectivity index (χ1v) is 5.73. The van der Waals surface area contributed by atoms with E-state index in [1.165, 1.54) is 5.56 Å². The van der Waals surface area contributed by atoms with Crippen molar-refractivity contribution in [3.8, 4) is 0 Å². The van der Waals surface area contributed by atoms with Crippen LogP contribution in [-0.2, 0) is 11.2 Å². The van der Waals surface area contributed by atoms with Crippen LogP contribution in [0.4, 0.5) is 5.69 Å². The van der Waals surface area contributed by atoms with Gasteiger partial charge in [0.15, 0.2) is 0 Å². The summed E-state index contributed by atoms with van der Waals surface area (Å²) in [6.07, 6.45) is 0.977. The molecule has 1 heterocycles. The maximum Gasteiger partial charge on any atom is 0.306 e. The van der Waals surface area contributed by atoms with Gasteiger partial charge in [0, 0.05) is 18.2 Å². The molecule has 2 unspecified atom stereocenters. The number of nitrogens with one attached hydrogen (secondary N) is 1. The Labute approximate surface area is 95.5 Å².